The van der Waals surface area contributed by atoms with Crippen LogP contribution in [0.4, 0.5) is 0 Å². The minimum absolute atomic E-state index is 0.108. The van der Waals surface area contributed by atoms with Crippen molar-refractivity contribution >= 4 is 16.0 Å². The van der Waals surface area contributed by atoms with E-state index in [9.17, 15) is 13.2 Å². The third-order valence-electron chi connectivity index (χ3n) is 5.13. The van der Waals surface area contributed by atoms with Gasteiger partial charge in [0.15, 0.2) is 0 Å². The van der Waals surface area contributed by atoms with Crippen LogP contribution in [0, 0.1) is 11.8 Å². The van der Waals surface area contributed by atoms with Crippen LogP contribution in [0.1, 0.15) is 43.6 Å². The molecule has 1 aromatic rings. The molecule has 3 rings (SSSR count). The quantitative estimate of drug-likeness (QED) is 0.835. The lowest BCUT2D eigenvalue weighted by atomic mass is 9.82. The van der Waals surface area contributed by atoms with E-state index >= 15 is 0 Å². The molecule has 1 aromatic carbocycles. The molecule has 0 radical (unpaired) electrons. The second-order valence-electron chi connectivity index (χ2n) is 6.74. The van der Waals surface area contributed by atoms with Crippen molar-refractivity contribution < 1.29 is 18.3 Å². The van der Waals surface area contributed by atoms with Gasteiger partial charge < -0.3 is 5.11 Å². The number of hydrogen-bond donors (Lipinski definition) is 2. The zero-order valence-corrected chi connectivity index (χ0v) is 13.8. The van der Waals surface area contributed by atoms with Crippen molar-refractivity contribution in [3.63, 3.8) is 0 Å². The molecule has 2 unspecified atom stereocenters. The van der Waals surface area contributed by atoms with Gasteiger partial charge >= 0.3 is 5.97 Å². The Morgan fingerprint density at radius 3 is 2.39 bits per heavy atom. The zero-order valence-electron chi connectivity index (χ0n) is 13.0. The van der Waals surface area contributed by atoms with E-state index in [1.807, 2.05) is 30.3 Å². The predicted octanol–water partition coefficient (Wildman–Crippen LogP) is 2.35. The number of rotatable bonds is 6. The summed E-state index contributed by atoms with van der Waals surface area (Å²) in [4.78, 5) is 10.9. The highest BCUT2D eigenvalue weighted by atomic mass is 32.2. The summed E-state index contributed by atoms with van der Waals surface area (Å²) in [7, 11) is -3.28. The van der Waals surface area contributed by atoms with Gasteiger partial charge in [-0.25, -0.2) is 13.1 Å². The normalized spacial score (nSPS) is 30.8. The van der Waals surface area contributed by atoms with Gasteiger partial charge in [0.05, 0.1) is 11.2 Å². The molecule has 126 valence electrons. The standard InChI is InChI=1S/C17H23NO4S/c19-17(20)14-8-6-12(7-9-14)11-18-23(21,22)16-10-15(16)13-4-2-1-3-5-13/h1-5,12,14-16,18H,6-11H2,(H,19,20). The average Bonchev–Trinajstić information content (AvgIpc) is 3.36. The van der Waals surface area contributed by atoms with Gasteiger partial charge in [-0.1, -0.05) is 30.3 Å². The van der Waals surface area contributed by atoms with Crippen molar-refractivity contribution in [3.8, 4) is 0 Å². The van der Waals surface area contributed by atoms with Crippen LogP contribution >= 0.6 is 0 Å². The first-order valence-corrected chi connectivity index (χ1v) is 9.78. The molecule has 0 aliphatic heterocycles. The second-order valence-corrected chi connectivity index (χ2v) is 8.72. The van der Waals surface area contributed by atoms with Crippen molar-refractivity contribution in [1.29, 1.82) is 0 Å². The molecular weight excluding hydrogens is 314 g/mol. The molecule has 0 amide bonds. The molecule has 23 heavy (non-hydrogen) atoms. The number of carbonyl (C=O) groups is 1. The second kappa shape index (κ2) is 6.61. The van der Waals surface area contributed by atoms with Gasteiger partial charge in [0.1, 0.15) is 0 Å². The molecular formula is C17H23NO4S. The summed E-state index contributed by atoms with van der Waals surface area (Å²) >= 11 is 0. The molecule has 2 fully saturated rings. The molecule has 2 atom stereocenters. The molecule has 0 heterocycles. The highest BCUT2D eigenvalue weighted by molar-refractivity contribution is 7.90. The number of nitrogens with one attached hydrogen (secondary N) is 1. The minimum Gasteiger partial charge on any atom is -0.481 e. The fourth-order valence-electron chi connectivity index (χ4n) is 3.52. The summed E-state index contributed by atoms with van der Waals surface area (Å²) in [5, 5.41) is 8.67. The third-order valence-corrected chi connectivity index (χ3v) is 7.01. The van der Waals surface area contributed by atoms with Crippen LogP contribution in [0.5, 0.6) is 0 Å². The van der Waals surface area contributed by atoms with Gasteiger partial charge in [-0.15, -0.1) is 0 Å². The first-order valence-electron chi connectivity index (χ1n) is 8.23. The van der Waals surface area contributed by atoms with Crippen LogP contribution in [-0.4, -0.2) is 31.3 Å². The Kier molecular flexibility index (Phi) is 4.73. The number of aliphatic carboxylic acids is 1. The predicted molar refractivity (Wildman–Crippen MR) is 87.6 cm³/mol. The van der Waals surface area contributed by atoms with Crippen molar-refractivity contribution in [1.82, 2.24) is 4.72 Å². The SMILES string of the molecule is O=C(O)C1CCC(CNS(=O)(=O)C2CC2c2ccccc2)CC1. The number of sulfonamides is 1. The minimum atomic E-state index is -3.28. The zero-order chi connectivity index (χ0) is 16.4. The fourth-order valence-corrected chi connectivity index (χ4v) is 5.25. The Bertz CT molecular complexity index is 650. The molecule has 5 nitrogen and oxygen atoms in total. The summed E-state index contributed by atoms with van der Waals surface area (Å²) in [5.41, 5.74) is 1.09. The molecule has 2 N–H and O–H groups in total. The van der Waals surface area contributed by atoms with E-state index < -0.39 is 16.0 Å². The van der Waals surface area contributed by atoms with E-state index in [0.717, 1.165) is 18.4 Å². The Balaban J connectivity index is 1.48. The highest BCUT2D eigenvalue weighted by Gasteiger charge is 2.48. The highest BCUT2D eigenvalue weighted by Crippen LogP contribution is 2.45. The largest absolute Gasteiger partial charge is 0.481 e. The maximum Gasteiger partial charge on any atom is 0.306 e. The van der Waals surface area contributed by atoms with Gasteiger partial charge in [0.25, 0.3) is 0 Å². The maximum atomic E-state index is 12.4. The number of carboxylic acid groups (broad SMARTS) is 1. The van der Waals surface area contributed by atoms with Gasteiger partial charge in [-0.3, -0.25) is 4.79 Å². The lowest BCUT2D eigenvalue weighted by molar-refractivity contribution is -0.143. The van der Waals surface area contributed by atoms with E-state index in [4.69, 9.17) is 5.11 Å². The summed E-state index contributed by atoms with van der Waals surface area (Å²) in [6, 6.07) is 9.76. The van der Waals surface area contributed by atoms with Crippen LogP contribution in [-0.2, 0) is 14.8 Å². The summed E-state index contributed by atoms with van der Waals surface area (Å²) in [6.45, 7) is 0.437. The Hall–Kier alpha value is -1.40. The topological polar surface area (TPSA) is 83.5 Å². The van der Waals surface area contributed by atoms with Crippen molar-refractivity contribution in [2.24, 2.45) is 11.8 Å². The molecule has 6 heteroatoms. The van der Waals surface area contributed by atoms with Crippen molar-refractivity contribution in [3.05, 3.63) is 35.9 Å². The van der Waals surface area contributed by atoms with Crippen LogP contribution < -0.4 is 4.72 Å². The molecule has 2 aliphatic carbocycles. The monoisotopic (exact) mass is 337 g/mol. The van der Waals surface area contributed by atoms with Crippen molar-refractivity contribution in [2.75, 3.05) is 6.54 Å². The lowest BCUT2D eigenvalue weighted by Crippen LogP contribution is -2.34. The van der Waals surface area contributed by atoms with E-state index in [2.05, 4.69) is 4.72 Å². The van der Waals surface area contributed by atoms with Crippen molar-refractivity contribution in [2.45, 2.75) is 43.3 Å². The van der Waals surface area contributed by atoms with Crippen LogP contribution in [0.3, 0.4) is 0 Å². The van der Waals surface area contributed by atoms with Crippen LogP contribution in [0.2, 0.25) is 0 Å². The Morgan fingerprint density at radius 2 is 1.78 bits per heavy atom. The summed E-state index contributed by atoms with van der Waals surface area (Å²) < 4.78 is 27.5. The van der Waals surface area contributed by atoms with Gasteiger partial charge in [0, 0.05) is 12.5 Å². The lowest BCUT2D eigenvalue weighted by Gasteiger charge is -2.26. The Labute approximate surface area is 137 Å². The molecule has 0 aromatic heterocycles. The molecule has 2 saturated carbocycles. The van der Waals surface area contributed by atoms with E-state index in [1.54, 1.807) is 0 Å². The van der Waals surface area contributed by atoms with E-state index in [-0.39, 0.29) is 23.0 Å². The first kappa shape index (κ1) is 16.5. The molecule has 0 spiro atoms. The third kappa shape index (κ3) is 3.93. The van der Waals surface area contributed by atoms with Crippen LogP contribution in [0.25, 0.3) is 0 Å². The average molecular weight is 337 g/mol. The smallest absolute Gasteiger partial charge is 0.306 e. The molecule has 0 bridgehead atoms. The fraction of sp³-hybridized carbons (Fsp3) is 0.588. The molecule has 0 saturated heterocycles. The van der Waals surface area contributed by atoms with E-state index in [1.165, 1.54) is 0 Å². The number of benzene rings is 1. The number of carboxylic acids is 1. The molecule has 2 aliphatic rings. The summed E-state index contributed by atoms with van der Waals surface area (Å²) in [6.07, 6.45) is 3.55. The van der Waals surface area contributed by atoms with Crippen LogP contribution in [0.15, 0.2) is 30.3 Å². The van der Waals surface area contributed by atoms with Gasteiger partial charge in [0.2, 0.25) is 10.0 Å². The number of hydrogen-bond acceptors (Lipinski definition) is 3. The first-order chi connectivity index (χ1) is 11.0. The van der Waals surface area contributed by atoms with Gasteiger partial charge in [-0.05, 0) is 43.6 Å². The van der Waals surface area contributed by atoms with Gasteiger partial charge in [-0.2, -0.15) is 0 Å². The Morgan fingerprint density at radius 1 is 1.13 bits per heavy atom. The summed E-state index contributed by atoms with van der Waals surface area (Å²) in [5.74, 6) is -0.618. The van der Waals surface area contributed by atoms with E-state index in [0.29, 0.717) is 25.8 Å². The maximum absolute atomic E-state index is 12.4.